The zero-order chi connectivity index (χ0) is 14.5. The molecular formula is C16H26ClN3. The molecule has 3 nitrogen and oxygen atoms in total. The third-order valence-electron chi connectivity index (χ3n) is 4.28. The van der Waals surface area contributed by atoms with Crippen LogP contribution in [0.1, 0.15) is 25.8 Å². The van der Waals surface area contributed by atoms with Crippen molar-refractivity contribution in [2.24, 2.45) is 5.73 Å². The van der Waals surface area contributed by atoms with E-state index in [0.29, 0.717) is 12.6 Å². The molecule has 0 radical (unpaired) electrons. The Morgan fingerprint density at radius 3 is 2.70 bits per heavy atom. The molecule has 0 saturated carbocycles. The number of nitrogens with zero attached hydrogens (tertiary/aromatic N) is 2. The monoisotopic (exact) mass is 295 g/mol. The summed E-state index contributed by atoms with van der Waals surface area (Å²) in [5.41, 5.74) is 7.99. The summed E-state index contributed by atoms with van der Waals surface area (Å²) < 4.78 is 0. The van der Waals surface area contributed by atoms with Crippen LogP contribution in [0, 0.1) is 0 Å². The molecule has 1 heterocycles. The highest BCUT2D eigenvalue weighted by atomic mass is 35.5. The second-order valence-corrected chi connectivity index (χ2v) is 5.84. The van der Waals surface area contributed by atoms with Crippen molar-refractivity contribution in [1.29, 1.82) is 0 Å². The van der Waals surface area contributed by atoms with Gasteiger partial charge in [0, 0.05) is 19.1 Å². The van der Waals surface area contributed by atoms with Gasteiger partial charge in [-0.3, -0.25) is 4.90 Å². The number of nitrogens with two attached hydrogens (primary N) is 1. The van der Waals surface area contributed by atoms with Gasteiger partial charge in [0.2, 0.25) is 0 Å². The topological polar surface area (TPSA) is 32.5 Å². The van der Waals surface area contributed by atoms with E-state index < -0.39 is 0 Å². The van der Waals surface area contributed by atoms with Gasteiger partial charge in [-0.15, -0.1) is 0 Å². The van der Waals surface area contributed by atoms with Gasteiger partial charge >= 0.3 is 0 Å². The normalized spacial score (nSPS) is 19.1. The summed E-state index contributed by atoms with van der Waals surface area (Å²) in [7, 11) is 0. The lowest BCUT2D eigenvalue weighted by Crippen LogP contribution is -2.37. The van der Waals surface area contributed by atoms with Crippen molar-refractivity contribution in [3.8, 4) is 0 Å². The average Bonchev–Trinajstić information content (AvgIpc) is 2.90. The number of hydrogen-bond acceptors (Lipinski definition) is 3. The van der Waals surface area contributed by atoms with E-state index in [2.05, 4.69) is 41.8 Å². The van der Waals surface area contributed by atoms with Crippen molar-refractivity contribution >= 4 is 17.3 Å². The van der Waals surface area contributed by atoms with Crippen molar-refractivity contribution in [3.63, 3.8) is 0 Å². The first-order chi connectivity index (χ1) is 9.69. The highest BCUT2D eigenvalue weighted by Gasteiger charge is 2.27. The molecule has 20 heavy (non-hydrogen) atoms. The molecule has 2 rings (SSSR count). The van der Waals surface area contributed by atoms with E-state index in [4.69, 9.17) is 17.3 Å². The molecule has 0 bridgehead atoms. The van der Waals surface area contributed by atoms with Gasteiger partial charge in [-0.25, -0.2) is 0 Å². The summed E-state index contributed by atoms with van der Waals surface area (Å²) in [5.74, 6) is 0. The van der Waals surface area contributed by atoms with Crippen LogP contribution >= 0.6 is 11.6 Å². The van der Waals surface area contributed by atoms with Gasteiger partial charge in [0.25, 0.3) is 0 Å². The van der Waals surface area contributed by atoms with Crippen molar-refractivity contribution in [2.75, 3.05) is 37.6 Å². The Balaban J connectivity index is 2.06. The molecule has 0 spiro atoms. The SMILES string of the molecule is CCN(CC)C1CCN(c2ccc(CCN)cc2Cl)C1. The van der Waals surface area contributed by atoms with Crippen LogP contribution in [0.3, 0.4) is 0 Å². The lowest BCUT2D eigenvalue weighted by atomic mass is 10.1. The molecule has 4 heteroatoms. The van der Waals surface area contributed by atoms with E-state index in [1.54, 1.807) is 0 Å². The predicted molar refractivity (Wildman–Crippen MR) is 87.7 cm³/mol. The first kappa shape index (κ1) is 15.6. The maximum Gasteiger partial charge on any atom is 0.0642 e. The van der Waals surface area contributed by atoms with E-state index >= 15 is 0 Å². The molecule has 1 aromatic carbocycles. The standard InChI is InChI=1S/C16H26ClN3/c1-3-19(4-2)14-8-10-20(12-14)16-6-5-13(7-9-18)11-15(16)17/h5-6,11,14H,3-4,7-10,12,18H2,1-2H3. The fourth-order valence-corrected chi connectivity index (χ4v) is 3.45. The fraction of sp³-hybridized carbons (Fsp3) is 0.625. The Kier molecular flexibility index (Phi) is 5.70. The van der Waals surface area contributed by atoms with Gasteiger partial charge in [-0.2, -0.15) is 0 Å². The molecule has 0 aliphatic carbocycles. The Labute approximate surface area is 127 Å². The van der Waals surface area contributed by atoms with Gasteiger partial charge < -0.3 is 10.6 Å². The maximum atomic E-state index is 6.44. The Morgan fingerprint density at radius 2 is 2.10 bits per heavy atom. The van der Waals surface area contributed by atoms with Crippen LogP contribution in [0.2, 0.25) is 5.02 Å². The van der Waals surface area contributed by atoms with E-state index in [-0.39, 0.29) is 0 Å². The van der Waals surface area contributed by atoms with Crippen LogP contribution < -0.4 is 10.6 Å². The Bertz CT molecular complexity index is 432. The minimum atomic E-state index is 0.657. The summed E-state index contributed by atoms with van der Waals surface area (Å²) in [6, 6.07) is 7.02. The molecule has 1 aliphatic heterocycles. The summed E-state index contributed by atoms with van der Waals surface area (Å²) in [5, 5.41) is 0.858. The van der Waals surface area contributed by atoms with Crippen molar-refractivity contribution in [2.45, 2.75) is 32.7 Å². The number of anilines is 1. The van der Waals surface area contributed by atoms with E-state index in [9.17, 15) is 0 Å². The van der Waals surface area contributed by atoms with Crippen molar-refractivity contribution in [3.05, 3.63) is 28.8 Å². The molecule has 1 saturated heterocycles. The predicted octanol–water partition coefficient (Wildman–Crippen LogP) is 2.76. The molecular weight excluding hydrogens is 270 g/mol. The number of hydrogen-bond donors (Lipinski definition) is 1. The number of halogens is 1. The Hall–Kier alpha value is -0.770. The summed E-state index contributed by atoms with van der Waals surface area (Å²) in [6.45, 7) is 9.57. The van der Waals surface area contributed by atoms with Crippen LogP contribution in [-0.4, -0.2) is 43.7 Å². The maximum absolute atomic E-state index is 6.44. The molecule has 1 aromatic rings. The minimum absolute atomic E-state index is 0.657. The Morgan fingerprint density at radius 1 is 1.35 bits per heavy atom. The molecule has 1 fully saturated rings. The van der Waals surface area contributed by atoms with Gasteiger partial charge in [0.05, 0.1) is 10.7 Å². The van der Waals surface area contributed by atoms with Gasteiger partial charge in [0.15, 0.2) is 0 Å². The van der Waals surface area contributed by atoms with Crippen LogP contribution in [-0.2, 0) is 6.42 Å². The average molecular weight is 296 g/mol. The third kappa shape index (κ3) is 3.46. The zero-order valence-electron chi connectivity index (χ0n) is 12.6. The quantitative estimate of drug-likeness (QED) is 0.876. The summed E-state index contributed by atoms with van der Waals surface area (Å²) in [4.78, 5) is 4.95. The molecule has 112 valence electrons. The summed E-state index contributed by atoms with van der Waals surface area (Å²) >= 11 is 6.44. The van der Waals surface area contributed by atoms with Gasteiger partial charge in [-0.05, 0) is 50.2 Å². The van der Waals surface area contributed by atoms with E-state index in [0.717, 1.165) is 37.6 Å². The molecule has 1 aliphatic rings. The first-order valence-electron chi connectivity index (χ1n) is 7.67. The lowest BCUT2D eigenvalue weighted by Gasteiger charge is -2.27. The highest BCUT2D eigenvalue weighted by Crippen LogP contribution is 2.30. The third-order valence-corrected chi connectivity index (χ3v) is 4.58. The molecule has 2 N–H and O–H groups in total. The van der Waals surface area contributed by atoms with Gasteiger partial charge in [0.1, 0.15) is 0 Å². The first-order valence-corrected chi connectivity index (χ1v) is 8.04. The van der Waals surface area contributed by atoms with Gasteiger partial charge in [-0.1, -0.05) is 31.5 Å². The largest absolute Gasteiger partial charge is 0.369 e. The number of benzene rings is 1. The van der Waals surface area contributed by atoms with Crippen molar-refractivity contribution < 1.29 is 0 Å². The van der Waals surface area contributed by atoms with Crippen LogP contribution in [0.5, 0.6) is 0 Å². The number of likely N-dealkylation sites (N-methyl/N-ethyl adjacent to an activating group) is 1. The number of rotatable bonds is 6. The van der Waals surface area contributed by atoms with E-state index in [1.165, 1.54) is 17.7 Å². The van der Waals surface area contributed by atoms with E-state index in [1.807, 2.05) is 0 Å². The highest BCUT2D eigenvalue weighted by molar-refractivity contribution is 6.33. The molecule has 1 atom stereocenters. The summed E-state index contributed by atoms with van der Waals surface area (Å²) in [6.07, 6.45) is 2.12. The molecule has 0 aromatic heterocycles. The second-order valence-electron chi connectivity index (χ2n) is 5.43. The second kappa shape index (κ2) is 7.30. The van der Waals surface area contributed by atoms with Crippen molar-refractivity contribution in [1.82, 2.24) is 4.90 Å². The smallest absolute Gasteiger partial charge is 0.0642 e. The van der Waals surface area contributed by atoms with Crippen LogP contribution in [0.25, 0.3) is 0 Å². The molecule has 1 unspecified atom stereocenters. The van der Waals surface area contributed by atoms with Crippen LogP contribution in [0.15, 0.2) is 18.2 Å². The zero-order valence-corrected chi connectivity index (χ0v) is 13.4. The molecule has 0 amide bonds. The van der Waals surface area contributed by atoms with Crippen LogP contribution in [0.4, 0.5) is 5.69 Å². The lowest BCUT2D eigenvalue weighted by molar-refractivity contribution is 0.232. The minimum Gasteiger partial charge on any atom is -0.369 e. The fourth-order valence-electron chi connectivity index (χ4n) is 3.13.